The largest absolute Gasteiger partial charge is 0.457 e. The summed E-state index contributed by atoms with van der Waals surface area (Å²) in [5.74, 6) is 0.783. The Bertz CT molecular complexity index is 930. The summed E-state index contributed by atoms with van der Waals surface area (Å²) in [7, 11) is 0. The summed E-state index contributed by atoms with van der Waals surface area (Å²) in [6.07, 6.45) is 1.15. The van der Waals surface area contributed by atoms with Crippen LogP contribution in [0.4, 0.5) is 0 Å². The van der Waals surface area contributed by atoms with Crippen molar-refractivity contribution < 1.29 is 14.3 Å². The lowest BCUT2D eigenvalue weighted by Crippen LogP contribution is -2.16. The van der Waals surface area contributed by atoms with E-state index in [2.05, 4.69) is 6.58 Å². The molecule has 1 aliphatic carbocycles. The van der Waals surface area contributed by atoms with Crippen LogP contribution in [0.3, 0.4) is 0 Å². The van der Waals surface area contributed by atoms with Crippen LogP contribution in [0.25, 0.3) is 0 Å². The van der Waals surface area contributed by atoms with Crippen LogP contribution in [0.2, 0.25) is 0 Å². The predicted octanol–water partition coefficient (Wildman–Crippen LogP) is 7.23. The van der Waals surface area contributed by atoms with Gasteiger partial charge in [0, 0.05) is 5.56 Å². The van der Waals surface area contributed by atoms with Crippen LogP contribution in [0.5, 0.6) is 11.5 Å². The molecule has 1 aliphatic rings. The highest BCUT2D eigenvalue weighted by Crippen LogP contribution is 2.60. The number of rotatable bonds is 7. The Balaban J connectivity index is 1.77. The Labute approximate surface area is 181 Å². The summed E-state index contributed by atoms with van der Waals surface area (Å²) in [4.78, 5) is 12.9. The van der Waals surface area contributed by atoms with Crippen LogP contribution in [-0.4, -0.2) is 5.97 Å². The maximum atomic E-state index is 12.9. The van der Waals surface area contributed by atoms with E-state index in [0.29, 0.717) is 5.75 Å². The van der Waals surface area contributed by atoms with Gasteiger partial charge in [-0.25, -0.2) is 0 Å². The van der Waals surface area contributed by atoms with Crippen LogP contribution in [0, 0.1) is 17.3 Å². The van der Waals surface area contributed by atoms with Crippen molar-refractivity contribution in [3.05, 3.63) is 82.9 Å². The van der Waals surface area contributed by atoms with E-state index in [0.717, 1.165) is 16.9 Å². The average molecular weight is 431 g/mol. The molecule has 0 spiro atoms. The van der Waals surface area contributed by atoms with Gasteiger partial charge >= 0.3 is 5.97 Å². The number of hydrogen-bond donors (Lipinski definition) is 0. The molecule has 3 atom stereocenters. The SMILES string of the molecule is C=C(C)C(OC(=O)C1C(C=C(Cl)Cl)C1(C)C)c1cccc(Oc2ccccc2)c1. The Morgan fingerprint density at radius 2 is 1.76 bits per heavy atom. The van der Waals surface area contributed by atoms with Crippen molar-refractivity contribution in [1.29, 1.82) is 0 Å². The van der Waals surface area contributed by atoms with Crippen molar-refractivity contribution in [1.82, 2.24) is 0 Å². The van der Waals surface area contributed by atoms with E-state index < -0.39 is 6.10 Å². The van der Waals surface area contributed by atoms with Crippen LogP contribution >= 0.6 is 23.2 Å². The van der Waals surface area contributed by atoms with Gasteiger partial charge in [-0.1, -0.05) is 74.0 Å². The minimum Gasteiger partial charge on any atom is -0.457 e. The molecular weight excluding hydrogens is 407 g/mol. The molecule has 3 nitrogen and oxygen atoms in total. The molecule has 29 heavy (non-hydrogen) atoms. The Morgan fingerprint density at radius 1 is 1.10 bits per heavy atom. The van der Waals surface area contributed by atoms with Crippen molar-refractivity contribution in [2.45, 2.75) is 26.9 Å². The Hall–Kier alpha value is -2.23. The normalized spacial score (nSPS) is 20.3. The maximum absolute atomic E-state index is 12.9. The van der Waals surface area contributed by atoms with Gasteiger partial charge in [0.15, 0.2) is 0 Å². The van der Waals surface area contributed by atoms with E-state index in [1.54, 1.807) is 6.08 Å². The molecule has 0 bridgehead atoms. The van der Waals surface area contributed by atoms with Crippen molar-refractivity contribution in [2.75, 3.05) is 0 Å². The van der Waals surface area contributed by atoms with Gasteiger partial charge in [-0.2, -0.15) is 0 Å². The number of para-hydroxylation sites is 1. The number of esters is 1. The fraction of sp³-hybridized carbons (Fsp3) is 0.292. The van der Waals surface area contributed by atoms with Crippen molar-refractivity contribution in [3.8, 4) is 11.5 Å². The quantitative estimate of drug-likeness (QED) is 0.343. The van der Waals surface area contributed by atoms with Crippen LogP contribution in [0.15, 0.2) is 77.3 Å². The molecule has 3 unspecified atom stereocenters. The highest BCUT2D eigenvalue weighted by atomic mass is 35.5. The van der Waals surface area contributed by atoms with Gasteiger partial charge < -0.3 is 9.47 Å². The van der Waals surface area contributed by atoms with Gasteiger partial charge in [-0.3, -0.25) is 4.79 Å². The van der Waals surface area contributed by atoms with Gasteiger partial charge in [-0.15, -0.1) is 0 Å². The van der Waals surface area contributed by atoms with Gasteiger partial charge in [0.1, 0.15) is 22.1 Å². The fourth-order valence-electron chi connectivity index (χ4n) is 3.58. The summed E-state index contributed by atoms with van der Waals surface area (Å²) in [5, 5.41) is 0. The molecule has 5 heteroatoms. The molecule has 0 saturated heterocycles. The van der Waals surface area contributed by atoms with Gasteiger partial charge in [0.25, 0.3) is 0 Å². The van der Waals surface area contributed by atoms with E-state index in [1.165, 1.54) is 0 Å². The molecule has 0 amide bonds. The molecule has 152 valence electrons. The third-order valence-corrected chi connectivity index (χ3v) is 5.54. The summed E-state index contributed by atoms with van der Waals surface area (Å²) in [5.41, 5.74) is 1.29. The first-order valence-electron chi connectivity index (χ1n) is 9.41. The monoisotopic (exact) mass is 430 g/mol. The molecular formula is C24H24Cl2O3. The third-order valence-electron chi connectivity index (χ3n) is 5.29. The number of hydrogen-bond acceptors (Lipinski definition) is 3. The zero-order chi connectivity index (χ0) is 21.2. The lowest BCUT2D eigenvalue weighted by atomic mass is 10.0. The van der Waals surface area contributed by atoms with Gasteiger partial charge in [-0.05, 0) is 54.2 Å². The van der Waals surface area contributed by atoms with Crippen LogP contribution in [-0.2, 0) is 9.53 Å². The zero-order valence-corrected chi connectivity index (χ0v) is 18.2. The summed E-state index contributed by atoms with van der Waals surface area (Å²) >= 11 is 11.6. The van der Waals surface area contributed by atoms with Gasteiger partial charge in [0.05, 0.1) is 5.92 Å². The topological polar surface area (TPSA) is 35.5 Å². The predicted molar refractivity (Wildman–Crippen MR) is 117 cm³/mol. The van der Waals surface area contributed by atoms with Crippen molar-refractivity contribution >= 4 is 29.2 Å². The molecule has 1 fully saturated rings. The molecule has 0 aromatic heterocycles. The number of carbonyl (C=O) groups is 1. The molecule has 0 radical (unpaired) electrons. The second-order valence-electron chi connectivity index (χ2n) is 7.93. The van der Waals surface area contributed by atoms with Crippen LogP contribution in [0.1, 0.15) is 32.4 Å². The maximum Gasteiger partial charge on any atom is 0.311 e. The lowest BCUT2D eigenvalue weighted by Gasteiger charge is -2.20. The number of carbonyl (C=O) groups excluding carboxylic acids is 1. The first-order chi connectivity index (χ1) is 13.7. The molecule has 1 saturated carbocycles. The van der Waals surface area contributed by atoms with Crippen molar-refractivity contribution in [3.63, 3.8) is 0 Å². The zero-order valence-electron chi connectivity index (χ0n) is 16.7. The van der Waals surface area contributed by atoms with E-state index in [9.17, 15) is 4.79 Å². The lowest BCUT2D eigenvalue weighted by molar-refractivity contribution is -0.150. The molecule has 0 N–H and O–H groups in total. The molecule has 2 aromatic rings. The first-order valence-corrected chi connectivity index (χ1v) is 10.2. The van der Waals surface area contributed by atoms with Crippen LogP contribution < -0.4 is 4.74 Å². The van der Waals surface area contributed by atoms with E-state index >= 15 is 0 Å². The number of allylic oxidation sites excluding steroid dienone is 1. The molecule has 2 aromatic carbocycles. The number of halogens is 2. The summed E-state index contributed by atoms with van der Waals surface area (Å²) < 4.78 is 11.9. The summed E-state index contributed by atoms with van der Waals surface area (Å²) in [6.45, 7) is 9.85. The second-order valence-corrected chi connectivity index (χ2v) is 8.94. The standard InChI is InChI=1S/C24H24Cl2O3/c1-15(2)22(29-23(27)21-19(14-20(25)26)24(21,3)4)16-9-8-12-18(13-16)28-17-10-6-5-7-11-17/h5-14,19,21-22H,1H2,2-4H3. The number of benzene rings is 2. The van der Waals surface area contributed by atoms with Gasteiger partial charge in [0.2, 0.25) is 0 Å². The highest BCUT2D eigenvalue weighted by Gasteiger charge is 2.62. The Kier molecular flexibility index (Phi) is 6.40. The van der Waals surface area contributed by atoms with Crippen molar-refractivity contribution in [2.24, 2.45) is 17.3 Å². The van der Waals surface area contributed by atoms with E-state index in [4.69, 9.17) is 32.7 Å². The number of ether oxygens (including phenoxy) is 2. The average Bonchev–Trinajstić information content (AvgIpc) is 3.19. The minimum absolute atomic E-state index is 0.0430. The minimum atomic E-state index is -0.561. The highest BCUT2D eigenvalue weighted by molar-refractivity contribution is 6.55. The smallest absolute Gasteiger partial charge is 0.311 e. The Morgan fingerprint density at radius 3 is 2.38 bits per heavy atom. The third kappa shape index (κ3) is 5.04. The first kappa shape index (κ1) is 21.5. The molecule has 0 aliphatic heterocycles. The summed E-state index contributed by atoms with van der Waals surface area (Å²) in [6, 6.07) is 17.0. The second kappa shape index (κ2) is 8.64. The molecule has 3 rings (SSSR count). The fourth-order valence-corrected chi connectivity index (χ4v) is 3.85. The van der Waals surface area contributed by atoms with E-state index in [-0.39, 0.29) is 27.7 Å². The van der Waals surface area contributed by atoms with E-state index in [1.807, 2.05) is 75.4 Å². The molecule has 0 heterocycles.